The van der Waals surface area contributed by atoms with Crippen LogP contribution in [-0.2, 0) is 0 Å². The summed E-state index contributed by atoms with van der Waals surface area (Å²) in [5.74, 6) is 0.0332. The highest BCUT2D eigenvalue weighted by Gasteiger charge is 2.15. The summed E-state index contributed by atoms with van der Waals surface area (Å²) in [6, 6.07) is 1.58. The molecule has 0 aliphatic carbocycles. The standard InChI is InChI=1S/C12H14N4O2/c1-6-7(2)16-18-12(6)15-11(17)10-4-9(13)5-14-8(10)3/h4-5H,13H2,1-3H3,(H,15,17). The number of nitrogen functional groups attached to an aromatic ring is 1. The summed E-state index contributed by atoms with van der Waals surface area (Å²) >= 11 is 0. The fraction of sp³-hybridized carbons (Fsp3) is 0.250. The minimum absolute atomic E-state index is 0.313. The first-order chi connectivity index (χ1) is 8.49. The van der Waals surface area contributed by atoms with Crippen LogP contribution in [0.4, 0.5) is 11.6 Å². The van der Waals surface area contributed by atoms with E-state index in [0.717, 1.165) is 11.3 Å². The number of hydrogen-bond acceptors (Lipinski definition) is 5. The predicted molar refractivity (Wildman–Crippen MR) is 67.3 cm³/mol. The molecule has 2 heterocycles. The lowest BCUT2D eigenvalue weighted by atomic mass is 10.2. The fourth-order valence-electron chi connectivity index (χ4n) is 1.48. The molecule has 0 radical (unpaired) electrons. The Morgan fingerprint density at radius 2 is 2.06 bits per heavy atom. The Balaban J connectivity index is 2.27. The Bertz CT molecular complexity index is 604. The minimum Gasteiger partial charge on any atom is -0.397 e. The molecule has 1 amide bonds. The van der Waals surface area contributed by atoms with Crippen molar-refractivity contribution in [2.45, 2.75) is 20.8 Å². The number of nitrogens with one attached hydrogen (secondary N) is 1. The second-order valence-corrected chi connectivity index (χ2v) is 4.08. The van der Waals surface area contributed by atoms with Crippen molar-refractivity contribution in [3.8, 4) is 0 Å². The summed E-state index contributed by atoms with van der Waals surface area (Å²) in [6.45, 7) is 5.38. The molecule has 0 aromatic carbocycles. The highest BCUT2D eigenvalue weighted by Crippen LogP contribution is 2.19. The molecular formula is C12H14N4O2. The van der Waals surface area contributed by atoms with Gasteiger partial charge in [0.15, 0.2) is 0 Å². The first-order valence-electron chi connectivity index (χ1n) is 5.45. The number of aromatic nitrogens is 2. The number of carbonyl (C=O) groups excluding carboxylic acids is 1. The van der Waals surface area contributed by atoms with E-state index in [2.05, 4.69) is 15.5 Å². The Morgan fingerprint density at radius 1 is 1.33 bits per heavy atom. The van der Waals surface area contributed by atoms with E-state index in [1.54, 1.807) is 13.0 Å². The predicted octanol–water partition coefficient (Wildman–Crippen LogP) is 1.83. The maximum Gasteiger partial charge on any atom is 0.259 e. The molecule has 18 heavy (non-hydrogen) atoms. The first-order valence-corrected chi connectivity index (χ1v) is 5.45. The van der Waals surface area contributed by atoms with Gasteiger partial charge in [0.2, 0.25) is 5.88 Å². The van der Waals surface area contributed by atoms with Gasteiger partial charge in [0, 0.05) is 5.56 Å². The molecule has 2 rings (SSSR count). The molecule has 6 heteroatoms. The van der Waals surface area contributed by atoms with Crippen LogP contribution in [0.5, 0.6) is 0 Å². The number of pyridine rings is 1. The molecule has 3 N–H and O–H groups in total. The molecule has 0 saturated heterocycles. The van der Waals surface area contributed by atoms with Crippen LogP contribution in [0.25, 0.3) is 0 Å². The molecule has 0 unspecified atom stereocenters. The zero-order valence-corrected chi connectivity index (χ0v) is 10.4. The first kappa shape index (κ1) is 12.1. The normalized spacial score (nSPS) is 10.4. The molecule has 0 saturated carbocycles. The van der Waals surface area contributed by atoms with Gasteiger partial charge in [-0.25, -0.2) is 0 Å². The second kappa shape index (κ2) is 4.48. The van der Waals surface area contributed by atoms with Gasteiger partial charge in [-0.2, -0.15) is 0 Å². The summed E-state index contributed by atoms with van der Waals surface area (Å²) in [5, 5.41) is 6.42. The van der Waals surface area contributed by atoms with Crippen molar-refractivity contribution in [2.75, 3.05) is 11.1 Å². The topological polar surface area (TPSA) is 94.0 Å². The van der Waals surface area contributed by atoms with Gasteiger partial charge < -0.3 is 10.3 Å². The Labute approximate surface area is 104 Å². The summed E-state index contributed by atoms with van der Waals surface area (Å²) < 4.78 is 5.02. The fourth-order valence-corrected chi connectivity index (χ4v) is 1.48. The molecule has 0 aliphatic rings. The average molecular weight is 246 g/mol. The van der Waals surface area contributed by atoms with E-state index in [1.165, 1.54) is 6.20 Å². The Hall–Kier alpha value is -2.37. The summed E-state index contributed by atoms with van der Waals surface area (Å²) in [5.41, 5.74) is 8.63. The lowest BCUT2D eigenvalue weighted by molar-refractivity contribution is 0.102. The van der Waals surface area contributed by atoms with Crippen LogP contribution in [0, 0.1) is 20.8 Å². The van der Waals surface area contributed by atoms with Gasteiger partial charge in [-0.3, -0.25) is 15.1 Å². The van der Waals surface area contributed by atoms with Gasteiger partial charge in [0.25, 0.3) is 5.91 Å². The van der Waals surface area contributed by atoms with Gasteiger partial charge in [-0.15, -0.1) is 0 Å². The van der Waals surface area contributed by atoms with E-state index in [1.807, 2.05) is 13.8 Å². The van der Waals surface area contributed by atoms with Crippen molar-refractivity contribution in [3.05, 3.63) is 34.8 Å². The highest BCUT2D eigenvalue weighted by atomic mass is 16.5. The van der Waals surface area contributed by atoms with Crippen molar-refractivity contribution < 1.29 is 9.32 Å². The lowest BCUT2D eigenvalue weighted by Gasteiger charge is -2.05. The number of hydrogen-bond donors (Lipinski definition) is 2. The smallest absolute Gasteiger partial charge is 0.259 e. The summed E-state index contributed by atoms with van der Waals surface area (Å²) in [6.07, 6.45) is 1.51. The minimum atomic E-state index is -0.313. The van der Waals surface area contributed by atoms with Crippen LogP contribution in [0.15, 0.2) is 16.8 Å². The third-order valence-electron chi connectivity index (χ3n) is 2.74. The molecule has 6 nitrogen and oxygen atoms in total. The van der Waals surface area contributed by atoms with Crippen molar-refractivity contribution in [1.29, 1.82) is 0 Å². The molecule has 94 valence electrons. The average Bonchev–Trinajstić information content (AvgIpc) is 2.64. The molecule has 0 aliphatic heterocycles. The van der Waals surface area contributed by atoms with Crippen LogP contribution in [0.1, 0.15) is 27.3 Å². The van der Waals surface area contributed by atoms with Crippen molar-refractivity contribution in [2.24, 2.45) is 0 Å². The van der Waals surface area contributed by atoms with Crippen molar-refractivity contribution in [1.82, 2.24) is 10.1 Å². The molecule has 0 spiro atoms. The van der Waals surface area contributed by atoms with E-state index in [-0.39, 0.29) is 5.91 Å². The SMILES string of the molecule is Cc1ncc(N)cc1C(=O)Nc1onc(C)c1C. The number of aryl methyl sites for hydroxylation is 2. The van der Waals surface area contributed by atoms with Crippen LogP contribution in [0.3, 0.4) is 0 Å². The quantitative estimate of drug-likeness (QED) is 0.843. The monoisotopic (exact) mass is 246 g/mol. The maximum atomic E-state index is 12.1. The number of nitrogens with two attached hydrogens (primary N) is 1. The zero-order chi connectivity index (χ0) is 13.3. The van der Waals surface area contributed by atoms with Crippen LogP contribution < -0.4 is 11.1 Å². The molecule has 0 fully saturated rings. The van der Waals surface area contributed by atoms with Gasteiger partial charge >= 0.3 is 0 Å². The van der Waals surface area contributed by atoms with Crippen LogP contribution in [0.2, 0.25) is 0 Å². The summed E-state index contributed by atoms with van der Waals surface area (Å²) in [7, 11) is 0. The van der Waals surface area contributed by atoms with E-state index in [4.69, 9.17) is 10.3 Å². The number of amides is 1. The number of carbonyl (C=O) groups is 1. The third kappa shape index (κ3) is 2.17. The summed E-state index contributed by atoms with van der Waals surface area (Å²) in [4.78, 5) is 16.1. The number of anilines is 2. The van der Waals surface area contributed by atoms with Crippen molar-refractivity contribution >= 4 is 17.5 Å². The molecule has 0 atom stereocenters. The molecule has 2 aromatic rings. The van der Waals surface area contributed by atoms with E-state index in [0.29, 0.717) is 22.8 Å². The van der Waals surface area contributed by atoms with Gasteiger partial charge in [0.05, 0.1) is 28.8 Å². The number of nitrogens with zero attached hydrogens (tertiary/aromatic N) is 2. The molecule has 0 bridgehead atoms. The van der Waals surface area contributed by atoms with Gasteiger partial charge in [-0.05, 0) is 26.8 Å². The maximum absolute atomic E-state index is 12.1. The number of rotatable bonds is 2. The van der Waals surface area contributed by atoms with E-state index in [9.17, 15) is 4.79 Å². The Morgan fingerprint density at radius 3 is 2.67 bits per heavy atom. The second-order valence-electron chi connectivity index (χ2n) is 4.08. The van der Waals surface area contributed by atoms with Gasteiger partial charge in [-0.1, -0.05) is 5.16 Å². The largest absolute Gasteiger partial charge is 0.397 e. The zero-order valence-electron chi connectivity index (χ0n) is 10.4. The van der Waals surface area contributed by atoms with E-state index < -0.39 is 0 Å². The highest BCUT2D eigenvalue weighted by molar-refractivity contribution is 6.05. The lowest BCUT2D eigenvalue weighted by Crippen LogP contribution is -2.14. The van der Waals surface area contributed by atoms with Crippen molar-refractivity contribution in [3.63, 3.8) is 0 Å². The molecule has 2 aromatic heterocycles. The Kier molecular flexibility index (Phi) is 3.01. The van der Waals surface area contributed by atoms with Gasteiger partial charge in [0.1, 0.15) is 0 Å². The molecular weight excluding hydrogens is 232 g/mol. The van der Waals surface area contributed by atoms with E-state index >= 15 is 0 Å². The van der Waals surface area contributed by atoms with Crippen LogP contribution in [-0.4, -0.2) is 16.0 Å². The van der Waals surface area contributed by atoms with Crippen LogP contribution >= 0.6 is 0 Å². The third-order valence-corrected chi connectivity index (χ3v) is 2.74.